The van der Waals surface area contributed by atoms with Crippen LogP contribution in [-0.4, -0.2) is 6.54 Å². The third-order valence-electron chi connectivity index (χ3n) is 2.44. The molecular formula is C12H17F2N. The summed E-state index contributed by atoms with van der Waals surface area (Å²) >= 11 is 0. The van der Waals surface area contributed by atoms with Crippen molar-refractivity contribution in [3.8, 4) is 0 Å². The van der Waals surface area contributed by atoms with E-state index in [4.69, 9.17) is 5.73 Å². The lowest BCUT2D eigenvalue weighted by molar-refractivity contribution is 0.553. The van der Waals surface area contributed by atoms with E-state index >= 15 is 0 Å². The Labute approximate surface area is 89.3 Å². The fourth-order valence-corrected chi connectivity index (χ4v) is 1.54. The van der Waals surface area contributed by atoms with Crippen molar-refractivity contribution in [3.63, 3.8) is 0 Å². The second-order valence-electron chi connectivity index (χ2n) is 4.01. The summed E-state index contributed by atoms with van der Waals surface area (Å²) in [5, 5.41) is 0. The first-order chi connectivity index (χ1) is 7.06. The average molecular weight is 213 g/mol. The number of rotatable bonds is 4. The standard InChI is InChI=1S/C12H17F2N/c1-8(2)10-6-9(4-3-5-15)11(13)7-12(10)14/h6-8H,3-5,15H2,1-2H3. The Bertz CT molecular complexity index is 335. The predicted octanol–water partition coefficient (Wildman–Crippen LogP) is 2.98. The number of aryl methyl sites for hydroxylation is 1. The zero-order valence-electron chi connectivity index (χ0n) is 9.19. The van der Waals surface area contributed by atoms with Crippen LogP contribution < -0.4 is 5.73 Å². The molecule has 15 heavy (non-hydrogen) atoms. The van der Waals surface area contributed by atoms with Gasteiger partial charge in [-0.25, -0.2) is 8.78 Å². The Morgan fingerprint density at radius 3 is 2.40 bits per heavy atom. The molecule has 2 N–H and O–H groups in total. The highest BCUT2D eigenvalue weighted by Gasteiger charge is 2.11. The highest BCUT2D eigenvalue weighted by Crippen LogP contribution is 2.22. The van der Waals surface area contributed by atoms with Gasteiger partial charge in [0.05, 0.1) is 0 Å². The second-order valence-corrected chi connectivity index (χ2v) is 4.01. The van der Waals surface area contributed by atoms with Gasteiger partial charge in [0.1, 0.15) is 11.6 Å². The van der Waals surface area contributed by atoms with Crippen LogP contribution in [0.3, 0.4) is 0 Å². The maximum absolute atomic E-state index is 13.3. The van der Waals surface area contributed by atoms with Crippen molar-refractivity contribution in [1.29, 1.82) is 0 Å². The molecule has 0 spiro atoms. The van der Waals surface area contributed by atoms with Crippen molar-refractivity contribution in [2.75, 3.05) is 6.54 Å². The predicted molar refractivity (Wildman–Crippen MR) is 57.8 cm³/mol. The highest BCUT2D eigenvalue weighted by atomic mass is 19.1. The van der Waals surface area contributed by atoms with Gasteiger partial charge in [0.25, 0.3) is 0 Å². The van der Waals surface area contributed by atoms with Gasteiger partial charge in [-0.05, 0) is 42.5 Å². The summed E-state index contributed by atoms with van der Waals surface area (Å²) in [6.45, 7) is 4.31. The van der Waals surface area contributed by atoms with Crippen molar-refractivity contribution < 1.29 is 8.78 Å². The zero-order valence-corrected chi connectivity index (χ0v) is 9.19. The largest absolute Gasteiger partial charge is 0.330 e. The molecule has 0 amide bonds. The quantitative estimate of drug-likeness (QED) is 0.817. The summed E-state index contributed by atoms with van der Waals surface area (Å²) in [5.41, 5.74) is 6.49. The summed E-state index contributed by atoms with van der Waals surface area (Å²) in [5.74, 6) is -0.855. The lowest BCUT2D eigenvalue weighted by Crippen LogP contribution is -2.04. The second kappa shape index (κ2) is 5.21. The number of halogens is 2. The Kier molecular flexibility index (Phi) is 4.21. The molecule has 0 aliphatic rings. The first-order valence-electron chi connectivity index (χ1n) is 5.24. The Balaban J connectivity index is 3.00. The molecule has 0 fully saturated rings. The lowest BCUT2D eigenvalue weighted by atomic mass is 9.98. The van der Waals surface area contributed by atoms with Crippen molar-refractivity contribution >= 4 is 0 Å². The van der Waals surface area contributed by atoms with Gasteiger partial charge in [-0.3, -0.25) is 0 Å². The summed E-state index contributed by atoms with van der Waals surface area (Å²) in [4.78, 5) is 0. The smallest absolute Gasteiger partial charge is 0.129 e. The number of benzene rings is 1. The molecular weight excluding hydrogens is 196 g/mol. The minimum absolute atomic E-state index is 0.0715. The first-order valence-corrected chi connectivity index (χ1v) is 5.24. The Morgan fingerprint density at radius 2 is 1.87 bits per heavy atom. The van der Waals surface area contributed by atoms with Gasteiger partial charge >= 0.3 is 0 Å². The molecule has 0 saturated heterocycles. The van der Waals surface area contributed by atoms with Crippen molar-refractivity contribution in [2.45, 2.75) is 32.6 Å². The third kappa shape index (κ3) is 2.99. The van der Waals surface area contributed by atoms with Crippen LogP contribution in [0.2, 0.25) is 0 Å². The normalized spacial score (nSPS) is 11.1. The monoisotopic (exact) mass is 213 g/mol. The van der Waals surface area contributed by atoms with Crippen molar-refractivity contribution in [2.24, 2.45) is 5.73 Å². The van der Waals surface area contributed by atoms with Crippen LogP contribution in [0.1, 0.15) is 37.3 Å². The maximum Gasteiger partial charge on any atom is 0.129 e. The number of nitrogens with two attached hydrogens (primary N) is 1. The van der Waals surface area contributed by atoms with Crippen LogP contribution in [0.4, 0.5) is 8.78 Å². The molecule has 0 heterocycles. The summed E-state index contributed by atoms with van der Waals surface area (Å²) in [6, 6.07) is 2.59. The molecule has 0 aliphatic heterocycles. The molecule has 0 atom stereocenters. The molecule has 3 heteroatoms. The van der Waals surface area contributed by atoms with E-state index in [0.29, 0.717) is 24.1 Å². The van der Waals surface area contributed by atoms with E-state index in [1.54, 1.807) is 6.07 Å². The van der Waals surface area contributed by atoms with E-state index in [2.05, 4.69) is 0 Å². The van der Waals surface area contributed by atoms with E-state index in [0.717, 1.165) is 12.5 Å². The van der Waals surface area contributed by atoms with E-state index in [9.17, 15) is 8.78 Å². The highest BCUT2D eigenvalue weighted by molar-refractivity contribution is 5.29. The van der Waals surface area contributed by atoms with Crippen molar-refractivity contribution in [3.05, 3.63) is 34.9 Å². The van der Waals surface area contributed by atoms with Crippen LogP contribution >= 0.6 is 0 Å². The molecule has 0 aromatic heterocycles. The Hall–Kier alpha value is -0.960. The summed E-state index contributed by atoms with van der Waals surface area (Å²) in [6.07, 6.45) is 1.29. The van der Waals surface area contributed by atoms with E-state index in [-0.39, 0.29) is 5.92 Å². The van der Waals surface area contributed by atoms with E-state index in [1.165, 1.54) is 0 Å². The SMILES string of the molecule is CC(C)c1cc(CCCN)c(F)cc1F. The molecule has 1 aromatic carbocycles. The van der Waals surface area contributed by atoms with Crippen LogP contribution in [-0.2, 0) is 6.42 Å². The molecule has 0 bridgehead atoms. The van der Waals surface area contributed by atoms with Crippen LogP contribution in [0.25, 0.3) is 0 Å². The molecule has 1 nitrogen and oxygen atoms in total. The maximum atomic E-state index is 13.3. The first kappa shape index (κ1) is 12.1. The minimum atomic E-state index is -0.467. The van der Waals surface area contributed by atoms with Gasteiger partial charge < -0.3 is 5.73 Å². The lowest BCUT2D eigenvalue weighted by Gasteiger charge is -2.10. The molecule has 1 rings (SSSR count). The fourth-order valence-electron chi connectivity index (χ4n) is 1.54. The van der Waals surface area contributed by atoms with Gasteiger partial charge in [0.15, 0.2) is 0 Å². The zero-order chi connectivity index (χ0) is 11.4. The number of hydrogen-bond donors (Lipinski definition) is 1. The Morgan fingerprint density at radius 1 is 1.20 bits per heavy atom. The average Bonchev–Trinajstić information content (AvgIpc) is 2.16. The van der Waals surface area contributed by atoms with Crippen LogP contribution in [0, 0.1) is 11.6 Å². The molecule has 1 aromatic rings. The minimum Gasteiger partial charge on any atom is -0.330 e. The van der Waals surface area contributed by atoms with E-state index < -0.39 is 11.6 Å². The molecule has 0 unspecified atom stereocenters. The van der Waals surface area contributed by atoms with Gasteiger partial charge in [-0.2, -0.15) is 0 Å². The third-order valence-corrected chi connectivity index (χ3v) is 2.44. The van der Waals surface area contributed by atoms with Gasteiger partial charge in [-0.1, -0.05) is 13.8 Å². The van der Waals surface area contributed by atoms with Gasteiger partial charge in [0, 0.05) is 6.07 Å². The fraction of sp³-hybridized carbons (Fsp3) is 0.500. The van der Waals surface area contributed by atoms with Gasteiger partial charge in [-0.15, -0.1) is 0 Å². The molecule has 84 valence electrons. The van der Waals surface area contributed by atoms with E-state index in [1.807, 2.05) is 13.8 Å². The van der Waals surface area contributed by atoms with Crippen LogP contribution in [0.15, 0.2) is 12.1 Å². The summed E-state index contributed by atoms with van der Waals surface area (Å²) < 4.78 is 26.7. The molecule has 0 saturated carbocycles. The topological polar surface area (TPSA) is 26.0 Å². The summed E-state index contributed by atoms with van der Waals surface area (Å²) in [7, 11) is 0. The molecule has 0 radical (unpaired) electrons. The van der Waals surface area contributed by atoms with Crippen molar-refractivity contribution in [1.82, 2.24) is 0 Å². The molecule has 0 aliphatic carbocycles. The van der Waals surface area contributed by atoms with Gasteiger partial charge in [0.2, 0.25) is 0 Å². The van der Waals surface area contributed by atoms with Crippen LogP contribution in [0.5, 0.6) is 0 Å². The number of hydrogen-bond acceptors (Lipinski definition) is 1.